The number of benzene rings is 4. The summed E-state index contributed by atoms with van der Waals surface area (Å²) in [4.78, 5) is 2.21. The van der Waals surface area contributed by atoms with Gasteiger partial charge in [0.1, 0.15) is 5.82 Å². The second kappa shape index (κ2) is 7.24. The van der Waals surface area contributed by atoms with Crippen molar-refractivity contribution in [1.29, 1.82) is 0 Å². The van der Waals surface area contributed by atoms with Crippen LogP contribution in [0.25, 0.3) is 17.2 Å². The Morgan fingerprint density at radius 3 is 2.03 bits per heavy atom. The molecular weight excluding hydrogens is 381 g/mol. The number of fused-ring (bicyclic) bond motifs is 3. The second-order valence-electron chi connectivity index (χ2n) is 8.48. The highest BCUT2D eigenvalue weighted by Gasteiger charge is 2.37. The molecule has 4 aromatic carbocycles. The van der Waals surface area contributed by atoms with E-state index in [1.165, 1.54) is 34.4 Å². The van der Waals surface area contributed by atoms with Crippen LogP contribution in [0.2, 0.25) is 0 Å². The van der Waals surface area contributed by atoms with Crippen LogP contribution in [0, 0.1) is 5.82 Å². The van der Waals surface area contributed by atoms with Crippen LogP contribution in [-0.2, 0) is 5.41 Å². The van der Waals surface area contributed by atoms with Gasteiger partial charge in [-0.1, -0.05) is 75.0 Å². The van der Waals surface area contributed by atoms with Crippen LogP contribution in [0.1, 0.15) is 30.5 Å². The molecule has 0 amide bonds. The Morgan fingerprint density at radius 2 is 1.35 bits per heavy atom. The molecule has 0 N–H and O–H groups in total. The Kier molecular flexibility index (Phi) is 4.51. The minimum absolute atomic E-state index is 0.0803. The summed E-state index contributed by atoms with van der Waals surface area (Å²) in [5.41, 5.74) is 9.15. The number of rotatable bonds is 4. The van der Waals surface area contributed by atoms with Gasteiger partial charge in [-0.15, -0.1) is 0 Å². The van der Waals surface area contributed by atoms with Gasteiger partial charge in [0.25, 0.3) is 0 Å². The van der Waals surface area contributed by atoms with Crippen LogP contribution in [0.4, 0.5) is 21.5 Å². The summed E-state index contributed by atoms with van der Waals surface area (Å²) in [5, 5.41) is 0. The molecule has 0 saturated carbocycles. The highest BCUT2D eigenvalue weighted by Crippen LogP contribution is 2.53. The molecule has 0 fully saturated rings. The molecule has 0 heterocycles. The van der Waals surface area contributed by atoms with Gasteiger partial charge in [-0.25, -0.2) is 4.39 Å². The normalized spacial score (nSPS) is 13.4. The summed E-state index contributed by atoms with van der Waals surface area (Å²) in [6.45, 7) is 8.43. The van der Waals surface area contributed by atoms with Crippen molar-refractivity contribution >= 4 is 23.1 Å². The number of hydrogen-bond acceptors (Lipinski definition) is 1. The van der Waals surface area contributed by atoms with Crippen LogP contribution in [-0.4, -0.2) is 0 Å². The summed E-state index contributed by atoms with van der Waals surface area (Å²) in [5.74, 6) is -0.240. The van der Waals surface area contributed by atoms with E-state index in [1.54, 1.807) is 0 Å². The third kappa shape index (κ3) is 3.07. The Bertz CT molecular complexity index is 1270. The average Bonchev–Trinajstić information content (AvgIpc) is 3.04. The standard InChI is InChI=1S/C29H24FN/c1-4-20-12-16-22(17-13-20)31(23-18-14-21(30)15-19-23)27-11-7-10-26-28(27)24-8-5-6-9-25(24)29(26,2)3/h4-19H,1H2,2-3H3. The summed E-state index contributed by atoms with van der Waals surface area (Å²) in [6.07, 6.45) is 1.84. The van der Waals surface area contributed by atoms with Crippen LogP contribution in [0.5, 0.6) is 0 Å². The van der Waals surface area contributed by atoms with E-state index in [-0.39, 0.29) is 11.2 Å². The van der Waals surface area contributed by atoms with Gasteiger partial charge in [0.15, 0.2) is 0 Å². The second-order valence-corrected chi connectivity index (χ2v) is 8.48. The summed E-state index contributed by atoms with van der Waals surface area (Å²) in [6, 6.07) is 30.1. The van der Waals surface area contributed by atoms with E-state index < -0.39 is 0 Å². The predicted molar refractivity (Wildman–Crippen MR) is 129 cm³/mol. The summed E-state index contributed by atoms with van der Waals surface area (Å²) in [7, 11) is 0. The Morgan fingerprint density at radius 1 is 0.742 bits per heavy atom. The third-order valence-electron chi connectivity index (χ3n) is 6.30. The number of halogens is 1. The Hall–Kier alpha value is -3.65. The zero-order valence-corrected chi connectivity index (χ0v) is 17.8. The van der Waals surface area contributed by atoms with Gasteiger partial charge >= 0.3 is 0 Å². The van der Waals surface area contributed by atoms with Crippen molar-refractivity contribution in [3.8, 4) is 11.1 Å². The first-order valence-corrected chi connectivity index (χ1v) is 10.5. The van der Waals surface area contributed by atoms with E-state index in [9.17, 15) is 4.39 Å². The van der Waals surface area contributed by atoms with Crippen LogP contribution >= 0.6 is 0 Å². The molecule has 152 valence electrons. The molecule has 1 aliphatic rings. The van der Waals surface area contributed by atoms with Crippen molar-refractivity contribution in [1.82, 2.24) is 0 Å². The lowest BCUT2D eigenvalue weighted by molar-refractivity contribution is 0.628. The van der Waals surface area contributed by atoms with Gasteiger partial charge in [0, 0.05) is 22.4 Å². The molecule has 4 aromatic rings. The minimum Gasteiger partial charge on any atom is -0.310 e. The van der Waals surface area contributed by atoms with Crippen LogP contribution < -0.4 is 4.90 Å². The molecule has 0 radical (unpaired) electrons. The zero-order chi connectivity index (χ0) is 21.6. The van der Waals surface area contributed by atoms with Gasteiger partial charge in [-0.3, -0.25) is 0 Å². The molecule has 1 nitrogen and oxygen atoms in total. The highest BCUT2D eigenvalue weighted by molar-refractivity contribution is 5.94. The van der Waals surface area contributed by atoms with Crippen molar-refractivity contribution in [2.45, 2.75) is 19.3 Å². The summed E-state index contributed by atoms with van der Waals surface area (Å²) >= 11 is 0. The van der Waals surface area contributed by atoms with E-state index in [0.29, 0.717) is 0 Å². The molecule has 31 heavy (non-hydrogen) atoms. The lowest BCUT2D eigenvalue weighted by atomic mass is 9.82. The molecule has 0 bridgehead atoms. The maximum absolute atomic E-state index is 13.7. The lowest BCUT2D eigenvalue weighted by Crippen LogP contribution is -2.16. The molecule has 0 saturated heterocycles. The molecule has 0 atom stereocenters. The van der Waals surface area contributed by atoms with Gasteiger partial charge in [-0.05, 0) is 64.7 Å². The van der Waals surface area contributed by atoms with E-state index in [0.717, 1.165) is 22.6 Å². The first-order chi connectivity index (χ1) is 15.0. The largest absolute Gasteiger partial charge is 0.310 e. The fourth-order valence-electron chi connectivity index (χ4n) is 4.70. The lowest BCUT2D eigenvalue weighted by Gasteiger charge is -2.29. The van der Waals surface area contributed by atoms with Gasteiger partial charge in [0.05, 0.1) is 5.69 Å². The van der Waals surface area contributed by atoms with E-state index in [1.807, 2.05) is 18.2 Å². The molecule has 0 spiro atoms. The average molecular weight is 406 g/mol. The number of nitrogens with zero attached hydrogens (tertiary/aromatic N) is 1. The molecule has 0 aromatic heterocycles. The Balaban J connectivity index is 1.79. The first kappa shape index (κ1) is 19.3. The zero-order valence-electron chi connectivity index (χ0n) is 17.8. The fraction of sp³-hybridized carbons (Fsp3) is 0.103. The van der Waals surface area contributed by atoms with Crippen molar-refractivity contribution in [2.75, 3.05) is 4.90 Å². The monoisotopic (exact) mass is 405 g/mol. The quantitative estimate of drug-likeness (QED) is 0.330. The number of anilines is 3. The van der Waals surface area contributed by atoms with Crippen molar-refractivity contribution < 1.29 is 4.39 Å². The molecule has 0 unspecified atom stereocenters. The maximum atomic E-state index is 13.7. The predicted octanol–water partition coefficient (Wildman–Crippen LogP) is 8.24. The van der Waals surface area contributed by atoms with Crippen molar-refractivity contribution in [3.05, 3.63) is 120 Å². The van der Waals surface area contributed by atoms with Gasteiger partial charge in [0.2, 0.25) is 0 Å². The number of hydrogen-bond donors (Lipinski definition) is 0. The van der Waals surface area contributed by atoms with E-state index >= 15 is 0 Å². The third-order valence-corrected chi connectivity index (χ3v) is 6.30. The first-order valence-electron chi connectivity index (χ1n) is 10.5. The fourth-order valence-corrected chi connectivity index (χ4v) is 4.70. The van der Waals surface area contributed by atoms with Gasteiger partial charge < -0.3 is 4.90 Å². The molecule has 5 rings (SSSR count). The maximum Gasteiger partial charge on any atom is 0.123 e. The van der Waals surface area contributed by atoms with Crippen molar-refractivity contribution in [2.24, 2.45) is 0 Å². The molecule has 0 aliphatic heterocycles. The van der Waals surface area contributed by atoms with Crippen molar-refractivity contribution in [3.63, 3.8) is 0 Å². The minimum atomic E-state index is -0.240. The van der Waals surface area contributed by atoms with E-state index in [2.05, 4.69) is 92.1 Å². The van der Waals surface area contributed by atoms with Crippen LogP contribution in [0.15, 0.2) is 97.6 Å². The molecular formula is C29H24FN. The molecule has 2 heteroatoms. The van der Waals surface area contributed by atoms with Crippen LogP contribution in [0.3, 0.4) is 0 Å². The topological polar surface area (TPSA) is 3.24 Å². The summed E-state index contributed by atoms with van der Waals surface area (Å²) < 4.78 is 13.7. The smallest absolute Gasteiger partial charge is 0.123 e. The van der Waals surface area contributed by atoms with E-state index in [4.69, 9.17) is 0 Å². The van der Waals surface area contributed by atoms with Gasteiger partial charge in [-0.2, -0.15) is 0 Å². The SMILES string of the molecule is C=Cc1ccc(N(c2ccc(F)cc2)c2cccc3c2-c2ccccc2C3(C)C)cc1. The molecule has 1 aliphatic carbocycles. The Labute approximate surface area is 183 Å². The highest BCUT2D eigenvalue weighted by atomic mass is 19.1.